The summed E-state index contributed by atoms with van der Waals surface area (Å²) in [6, 6.07) is 10.9. The largest absolute Gasteiger partial charge is 0.469 e. The van der Waals surface area contributed by atoms with Crippen LogP contribution in [0.25, 0.3) is 0 Å². The number of morpholine rings is 1. The third kappa shape index (κ3) is 6.05. The molecular weight excluding hydrogens is 471 g/mol. The summed E-state index contributed by atoms with van der Waals surface area (Å²) in [5.74, 6) is 0.612. The minimum absolute atomic E-state index is 0. The lowest BCUT2D eigenvalue weighted by molar-refractivity contribution is -0.140. The highest BCUT2D eigenvalue weighted by Crippen LogP contribution is 2.24. The maximum atomic E-state index is 11.3. The summed E-state index contributed by atoms with van der Waals surface area (Å²) in [7, 11) is 1.40. The van der Waals surface area contributed by atoms with E-state index in [4.69, 9.17) is 9.47 Å². The number of carbonyl (C=O) groups excluding carboxylic acids is 1. The molecule has 0 aromatic heterocycles. The molecule has 2 atom stereocenters. The van der Waals surface area contributed by atoms with Gasteiger partial charge < -0.3 is 19.7 Å². The Kier molecular flexibility index (Phi) is 9.46. The number of hydrogen-bond donors (Lipinski definition) is 1. The first kappa shape index (κ1) is 22.9. The van der Waals surface area contributed by atoms with Crippen LogP contribution in [0.3, 0.4) is 0 Å². The van der Waals surface area contributed by atoms with Crippen molar-refractivity contribution < 1.29 is 14.3 Å². The molecule has 0 spiro atoms. The van der Waals surface area contributed by atoms with Crippen molar-refractivity contribution in [3.8, 4) is 0 Å². The van der Waals surface area contributed by atoms with Crippen LogP contribution in [0.1, 0.15) is 18.9 Å². The van der Waals surface area contributed by atoms with E-state index in [0.29, 0.717) is 19.0 Å². The molecule has 0 aliphatic carbocycles. The predicted octanol–water partition coefficient (Wildman–Crippen LogP) is 1.72. The lowest BCUT2D eigenvalue weighted by atomic mass is 10.1. The number of guanidine groups is 1. The number of esters is 1. The Morgan fingerprint density at radius 3 is 2.82 bits per heavy atom. The third-order valence-electron chi connectivity index (χ3n) is 5.08. The number of nitrogens with zero attached hydrogens (tertiary/aromatic N) is 3. The van der Waals surface area contributed by atoms with Crippen LogP contribution in [0.2, 0.25) is 0 Å². The van der Waals surface area contributed by atoms with E-state index in [-0.39, 0.29) is 36.0 Å². The second-order valence-corrected chi connectivity index (χ2v) is 6.90. The number of likely N-dealkylation sites (tertiary alicyclic amines) is 1. The van der Waals surface area contributed by atoms with Gasteiger partial charge in [-0.15, -0.1) is 24.0 Å². The van der Waals surface area contributed by atoms with E-state index in [1.807, 2.05) is 0 Å². The maximum absolute atomic E-state index is 11.3. The van der Waals surface area contributed by atoms with Crippen LogP contribution in [-0.4, -0.2) is 80.3 Å². The number of benzene rings is 1. The lowest BCUT2D eigenvalue weighted by Crippen LogP contribution is -2.50. The van der Waals surface area contributed by atoms with Gasteiger partial charge in [-0.2, -0.15) is 0 Å². The Bertz CT molecular complexity index is 644. The van der Waals surface area contributed by atoms with Crippen LogP contribution in [0.15, 0.2) is 35.3 Å². The fraction of sp³-hybridized carbons (Fsp3) is 0.600. The number of carbonyl (C=O) groups is 1. The van der Waals surface area contributed by atoms with Gasteiger partial charge >= 0.3 is 5.97 Å². The van der Waals surface area contributed by atoms with Gasteiger partial charge in [0.1, 0.15) is 0 Å². The van der Waals surface area contributed by atoms with E-state index < -0.39 is 0 Å². The first-order valence-electron chi connectivity index (χ1n) is 9.71. The van der Waals surface area contributed by atoms with Gasteiger partial charge in [-0.1, -0.05) is 30.3 Å². The minimum atomic E-state index is -0.234. The van der Waals surface area contributed by atoms with Crippen molar-refractivity contribution in [3.05, 3.63) is 35.9 Å². The van der Waals surface area contributed by atoms with Crippen LogP contribution in [0.5, 0.6) is 0 Å². The van der Waals surface area contributed by atoms with E-state index in [1.165, 1.54) is 12.7 Å². The van der Waals surface area contributed by atoms with Crippen molar-refractivity contribution in [2.75, 3.05) is 46.4 Å². The van der Waals surface area contributed by atoms with Crippen LogP contribution in [0, 0.1) is 0 Å². The summed E-state index contributed by atoms with van der Waals surface area (Å²) in [5, 5.41) is 3.34. The lowest BCUT2D eigenvalue weighted by Gasteiger charge is -2.36. The smallest absolute Gasteiger partial charge is 0.307 e. The minimum Gasteiger partial charge on any atom is -0.469 e. The molecular formula is C20H31IN4O3. The first-order chi connectivity index (χ1) is 13.2. The average Bonchev–Trinajstić information content (AvgIpc) is 3.13. The molecule has 2 heterocycles. The number of nitrogens with one attached hydrogen (secondary N) is 1. The van der Waals surface area contributed by atoms with Gasteiger partial charge in [0.15, 0.2) is 5.96 Å². The molecule has 1 N–H and O–H groups in total. The third-order valence-corrected chi connectivity index (χ3v) is 5.08. The van der Waals surface area contributed by atoms with Crippen LogP contribution in [-0.2, 0) is 20.8 Å². The van der Waals surface area contributed by atoms with Gasteiger partial charge in [-0.05, 0) is 12.5 Å². The summed E-state index contributed by atoms with van der Waals surface area (Å²) >= 11 is 0. The Morgan fingerprint density at radius 1 is 1.32 bits per heavy atom. The first-order valence-corrected chi connectivity index (χ1v) is 9.71. The molecule has 8 heteroatoms. The van der Waals surface area contributed by atoms with Gasteiger partial charge in [0.2, 0.25) is 0 Å². The molecule has 1 aromatic carbocycles. The number of halogens is 1. The van der Waals surface area contributed by atoms with E-state index in [2.05, 4.69) is 57.4 Å². The van der Waals surface area contributed by atoms with E-state index >= 15 is 0 Å². The van der Waals surface area contributed by atoms with Crippen LogP contribution < -0.4 is 5.32 Å². The SMILES string of the molecule is CCNC(=NCCC(=O)OC)N1CC2OCCN(Cc3ccccc3)C2C1.I. The Balaban J connectivity index is 0.00000280. The highest BCUT2D eigenvalue weighted by Gasteiger charge is 2.41. The molecule has 0 radical (unpaired) electrons. The van der Waals surface area contributed by atoms with E-state index in [0.717, 1.165) is 45.3 Å². The van der Waals surface area contributed by atoms with Crippen LogP contribution >= 0.6 is 24.0 Å². The average molecular weight is 502 g/mol. The van der Waals surface area contributed by atoms with Gasteiger partial charge in [-0.3, -0.25) is 14.7 Å². The summed E-state index contributed by atoms with van der Waals surface area (Å²) < 4.78 is 10.7. The van der Waals surface area contributed by atoms with Gasteiger partial charge in [-0.25, -0.2) is 0 Å². The van der Waals surface area contributed by atoms with E-state index in [1.54, 1.807) is 0 Å². The molecule has 2 unspecified atom stereocenters. The Labute approximate surface area is 184 Å². The summed E-state index contributed by atoms with van der Waals surface area (Å²) in [4.78, 5) is 20.7. The second-order valence-electron chi connectivity index (χ2n) is 6.90. The monoisotopic (exact) mass is 502 g/mol. The summed E-state index contributed by atoms with van der Waals surface area (Å²) in [6.45, 7) is 7.61. The Hall–Kier alpha value is -1.39. The molecule has 2 fully saturated rings. The van der Waals surface area contributed by atoms with E-state index in [9.17, 15) is 4.79 Å². The summed E-state index contributed by atoms with van der Waals surface area (Å²) in [6.07, 6.45) is 0.481. The molecule has 2 aliphatic rings. The molecule has 28 heavy (non-hydrogen) atoms. The quantitative estimate of drug-likeness (QED) is 0.277. The molecule has 2 aliphatic heterocycles. The molecule has 156 valence electrons. The molecule has 0 amide bonds. The standard InChI is InChI=1S/C20H30N4O3.HI/c1-3-21-20(22-10-9-19(25)26-2)24-14-17-18(15-24)27-12-11-23(17)13-16-7-5-4-6-8-16;/h4-8,17-18H,3,9-15H2,1-2H3,(H,21,22);1H. The van der Waals surface area contributed by atoms with Gasteiger partial charge in [0.25, 0.3) is 0 Å². The van der Waals surface area contributed by atoms with Crippen LogP contribution in [0.4, 0.5) is 0 Å². The number of aliphatic imine (C=N–C) groups is 1. The highest BCUT2D eigenvalue weighted by atomic mass is 127. The number of fused-ring (bicyclic) bond motifs is 1. The van der Waals surface area contributed by atoms with Crippen molar-refractivity contribution in [1.29, 1.82) is 0 Å². The molecule has 2 saturated heterocycles. The van der Waals surface area contributed by atoms with Crippen molar-refractivity contribution in [2.45, 2.75) is 32.0 Å². The number of rotatable bonds is 6. The fourth-order valence-corrected chi connectivity index (χ4v) is 3.73. The highest BCUT2D eigenvalue weighted by molar-refractivity contribution is 14.0. The maximum Gasteiger partial charge on any atom is 0.307 e. The number of ether oxygens (including phenoxy) is 2. The van der Waals surface area contributed by atoms with Gasteiger partial charge in [0, 0.05) is 32.7 Å². The second kappa shape index (κ2) is 11.6. The number of hydrogen-bond acceptors (Lipinski definition) is 5. The zero-order chi connectivity index (χ0) is 19.1. The molecule has 3 rings (SSSR count). The molecule has 0 bridgehead atoms. The van der Waals surface area contributed by atoms with Crippen molar-refractivity contribution in [3.63, 3.8) is 0 Å². The normalized spacial score (nSPS) is 22.4. The fourth-order valence-electron chi connectivity index (χ4n) is 3.73. The van der Waals surface area contributed by atoms with Crippen molar-refractivity contribution in [2.24, 2.45) is 4.99 Å². The summed E-state index contributed by atoms with van der Waals surface area (Å²) in [5.41, 5.74) is 1.33. The van der Waals surface area contributed by atoms with Crippen molar-refractivity contribution >= 4 is 35.9 Å². The Morgan fingerprint density at radius 2 is 2.11 bits per heavy atom. The van der Waals surface area contributed by atoms with Crippen molar-refractivity contribution in [1.82, 2.24) is 15.1 Å². The molecule has 1 aromatic rings. The van der Waals surface area contributed by atoms with Gasteiger partial charge in [0.05, 0.1) is 38.8 Å². The topological polar surface area (TPSA) is 66.4 Å². The predicted molar refractivity (Wildman–Crippen MR) is 120 cm³/mol. The molecule has 7 nitrogen and oxygen atoms in total. The zero-order valence-corrected chi connectivity index (χ0v) is 19.0. The molecule has 0 saturated carbocycles. The number of methoxy groups -OCH3 is 1. The zero-order valence-electron chi connectivity index (χ0n) is 16.7.